The summed E-state index contributed by atoms with van der Waals surface area (Å²) in [6.45, 7) is 11.9. The molecular weight excluding hydrogens is 877 g/mol. The van der Waals surface area contributed by atoms with Crippen LogP contribution in [-0.2, 0) is 31.6 Å². The number of rotatable bonds is 14. The fourth-order valence-electron chi connectivity index (χ4n) is 8.25. The first-order valence-electron chi connectivity index (χ1n) is 20.2. The summed E-state index contributed by atoms with van der Waals surface area (Å²) in [6, 6.07) is 14.9. The monoisotopic (exact) mass is 923 g/mol. The molecular formula is C45H47N8O10S2+. The molecule has 3 aliphatic rings. The molecule has 3 aliphatic heterocycles. The number of amides is 1. The summed E-state index contributed by atoms with van der Waals surface area (Å²) in [5, 5.41) is 21.1. The molecule has 0 fully saturated rings. The number of benzene rings is 3. The van der Waals surface area contributed by atoms with E-state index in [2.05, 4.69) is 32.2 Å². The Hall–Kier alpha value is -6.83. The van der Waals surface area contributed by atoms with Crippen LogP contribution in [0.15, 0.2) is 84.6 Å². The Balaban J connectivity index is 1.35. The van der Waals surface area contributed by atoms with E-state index in [9.17, 15) is 40.6 Å². The van der Waals surface area contributed by atoms with Crippen molar-refractivity contribution in [1.29, 1.82) is 0 Å². The van der Waals surface area contributed by atoms with Gasteiger partial charge >= 0.3 is 5.97 Å². The Kier molecular flexibility index (Phi) is 12.0. The number of carboxylic acids is 1. The van der Waals surface area contributed by atoms with Gasteiger partial charge in [0.25, 0.3) is 20.2 Å². The van der Waals surface area contributed by atoms with Crippen molar-refractivity contribution in [2.24, 2.45) is 5.11 Å². The molecule has 4 aromatic rings. The molecule has 18 nitrogen and oxygen atoms in total. The summed E-state index contributed by atoms with van der Waals surface area (Å²) >= 11 is 0. The van der Waals surface area contributed by atoms with Gasteiger partial charge in [-0.05, 0) is 78.1 Å². The van der Waals surface area contributed by atoms with Crippen molar-refractivity contribution in [2.45, 2.75) is 51.7 Å². The van der Waals surface area contributed by atoms with E-state index in [0.29, 0.717) is 83.8 Å². The van der Waals surface area contributed by atoms with Gasteiger partial charge in [0.1, 0.15) is 30.1 Å². The molecule has 3 aromatic carbocycles. The average Bonchev–Trinajstić information content (AvgIpc) is 3.21. The van der Waals surface area contributed by atoms with Crippen molar-refractivity contribution < 1.29 is 45.4 Å². The van der Waals surface area contributed by atoms with Gasteiger partial charge in [-0.2, -0.15) is 16.8 Å². The number of anilines is 2. The third-order valence-corrected chi connectivity index (χ3v) is 13.1. The van der Waals surface area contributed by atoms with Gasteiger partial charge in [0, 0.05) is 83.8 Å². The smallest absolute Gasteiger partial charge is 0.336 e. The zero-order chi connectivity index (χ0) is 47.4. The SMILES string of the molecule is C=C(NCCC(=O)Nc1ccc(CN=[N+]=[N-])nc1)c1ccc(C2=c3cc4c(cc3Oc3cc5c(cc32)C(CS(=O)(=O)O)=CC(C)(C)N5C)=[N+](C)C(C)(C)C=C4CS(=O)(=O)O)c(C(=O)O)c1. The number of carboxylic acid groups (broad SMARTS) is 1. The first-order valence-corrected chi connectivity index (χ1v) is 23.4. The third kappa shape index (κ3) is 9.67. The van der Waals surface area contributed by atoms with Crippen LogP contribution in [0.3, 0.4) is 0 Å². The van der Waals surface area contributed by atoms with Gasteiger partial charge < -0.3 is 25.4 Å². The molecule has 0 atom stereocenters. The van der Waals surface area contributed by atoms with Gasteiger partial charge in [0.2, 0.25) is 11.3 Å². The quantitative estimate of drug-likeness (QED) is 0.0315. The maximum atomic E-state index is 13.3. The van der Waals surface area contributed by atoms with Crippen LogP contribution in [0.25, 0.3) is 32.9 Å². The summed E-state index contributed by atoms with van der Waals surface area (Å²) in [6.07, 6.45) is 4.96. The predicted octanol–water partition coefficient (Wildman–Crippen LogP) is 5.22. The lowest BCUT2D eigenvalue weighted by molar-refractivity contribution is -0.116. The van der Waals surface area contributed by atoms with E-state index in [-0.39, 0.29) is 36.5 Å². The van der Waals surface area contributed by atoms with Crippen LogP contribution in [0.1, 0.15) is 78.0 Å². The molecule has 7 rings (SSSR count). The number of aromatic nitrogens is 1. The number of carbonyl (C=O) groups is 2. The number of fused-ring (bicyclic) bond motifs is 4. The molecule has 0 spiro atoms. The highest BCUT2D eigenvalue weighted by molar-refractivity contribution is 7.86. The molecule has 0 unspecified atom stereocenters. The minimum absolute atomic E-state index is 0.0181. The third-order valence-electron chi connectivity index (χ3n) is 11.8. The summed E-state index contributed by atoms with van der Waals surface area (Å²) in [4.78, 5) is 34.9. The number of aromatic carboxylic acids is 1. The van der Waals surface area contributed by atoms with Crippen LogP contribution in [0.5, 0.6) is 11.5 Å². The van der Waals surface area contributed by atoms with Crippen molar-refractivity contribution in [3.05, 3.63) is 140 Å². The second-order valence-electron chi connectivity index (χ2n) is 17.1. The van der Waals surface area contributed by atoms with E-state index in [1.54, 1.807) is 60.7 Å². The molecule has 0 saturated carbocycles. The predicted molar refractivity (Wildman–Crippen MR) is 247 cm³/mol. The van der Waals surface area contributed by atoms with Crippen molar-refractivity contribution >= 4 is 65.9 Å². The van der Waals surface area contributed by atoms with Crippen molar-refractivity contribution in [2.75, 3.05) is 42.4 Å². The topological polar surface area (TPSA) is 264 Å². The molecule has 0 bridgehead atoms. The van der Waals surface area contributed by atoms with Gasteiger partial charge in [-0.1, -0.05) is 29.9 Å². The Morgan fingerprint density at radius 1 is 0.923 bits per heavy atom. The molecule has 0 aliphatic carbocycles. The number of hydrogen-bond acceptors (Lipinski definition) is 11. The summed E-state index contributed by atoms with van der Waals surface area (Å²) in [5.41, 5.74) is 11.8. The normalized spacial score (nSPS) is 15.7. The standard InChI is InChI=1S/C45H46N8O10S2/c1-25(47-13-12-41(54)50-30-10-9-29(48-21-30)22-49-51-46)26-8-11-31(34(14-26)43(55)56)42-35-15-32-27(23-64(57,58)59)19-44(2,3)52(6)37(32)17-39(35)63-40-18-38-33(16-36(40)42)28(24-65(60,61)62)20-45(4,5)53(38)7/h8-11,14-21,47H,1,12-13,22-24H2,2-7H3,(H3-,50,54,55,56,57,58,59,60,61,62)/p+1. The molecule has 4 heterocycles. The van der Waals surface area contributed by atoms with E-state index in [0.717, 1.165) is 0 Å². The van der Waals surface area contributed by atoms with Crippen LogP contribution in [-0.4, -0.2) is 91.1 Å². The Morgan fingerprint density at radius 2 is 1.62 bits per heavy atom. The zero-order valence-corrected chi connectivity index (χ0v) is 38.0. The van der Waals surface area contributed by atoms with Crippen LogP contribution < -0.4 is 35.4 Å². The van der Waals surface area contributed by atoms with Crippen LogP contribution in [0.2, 0.25) is 0 Å². The van der Waals surface area contributed by atoms with Crippen LogP contribution in [0.4, 0.5) is 11.4 Å². The van der Waals surface area contributed by atoms with E-state index >= 15 is 0 Å². The fraction of sp³-hybridized carbons (Fsp3) is 0.289. The number of hydrogen-bond donors (Lipinski definition) is 5. The molecule has 1 amide bonds. The summed E-state index contributed by atoms with van der Waals surface area (Å²) in [5.74, 6) is -2.39. The molecule has 65 heavy (non-hydrogen) atoms. The van der Waals surface area contributed by atoms with E-state index < -0.39 is 48.8 Å². The number of likely N-dealkylation sites (N-methyl/N-ethyl adjacent to an activating group) is 2. The van der Waals surface area contributed by atoms with E-state index in [1.807, 2.05) is 51.3 Å². The van der Waals surface area contributed by atoms with E-state index in [1.165, 1.54) is 12.3 Å². The Morgan fingerprint density at radius 3 is 2.25 bits per heavy atom. The van der Waals surface area contributed by atoms with Crippen LogP contribution in [0, 0.1) is 0 Å². The highest BCUT2D eigenvalue weighted by Gasteiger charge is 2.37. The number of azide groups is 1. The van der Waals surface area contributed by atoms with Gasteiger partial charge in [-0.15, -0.1) is 0 Å². The summed E-state index contributed by atoms with van der Waals surface area (Å²) in [7, 11) is -5.35. The first-order chi connectivity index (χ1) is 30.4. The molecule has 1 aromatic heterocycles. The molecule has 338 valence electrons. The molecule has 0 saturated heterocycles. The molecule has 0 radical (unpaired) electrons. The van der Waals surface area contributed by atoms with Gasteiger partial charge in [0.15, 0.2) is 5.54 Å². The van der Waals surface area contributed by atoms with Gasteiger partial charge in [0.05, 0.1) is 41.2 Å². The van der Waals surface area contributed by atoms with Gasteiger partial charge in [-0.25, -0.2) is 9.37 Å². The first kappa shape index (κ1) is 46.2. The highest BCUT2D eigenvalue weighted by atomic mass is 32.2. The number of nitrogens with one attached hydrogen (secondary N) is 2. The maximum absolute atomic E-state index is 13.3. The lowest BCUT2D eigenvalue weighted by atomic mass is 9.83. The number of nitrogens with zero attached hydrogens (tertiary/aromatic N) is 6. The van der Waals surface area contributed by atoms with Gasteiger partial charge in [-0.3, -0.25) is 18.9 Å². The van der Waals surface area contributed by atoms with Crippen LogP contribution >= 0.6 is 0 Å². The zero-order valence-electron chi connectivity index (χ0n) is 36.4. The van der Waals surface area contributed by atoms with Crippen molar-refractivity contribution in [1.82, 2.24) is 14.9 Å². The minimum atomic E-state index is -4.51. The number of pyridine rings is 1. The molecule has 20 heteroatoms. The van der Waals surface area contributed by atoms with Crippen molar-refractivity contribution in [3.63, 3.8) is 0 Å². The minimum Gasteiger partial charge on any atom is -0.478 e. The lowest BCUT2D eigenvalue weighted by Crippen LogP contribution is -2.47. The number of ether oxygens (including phenoxy) is 1. The second kappa shape index (κ2) is 16.9. The highest BCUT2D eigenvalue weighted by Crippen LogP contribution is 2.47. The Labute approximate surface area is 375 Å². The fourth-order valence-corrected chi connectivity index (χ4v) is 9.51. The second-order valence-corrected chi connectivity index (χ2v) is 20.0. The lowest BCUT2D eigenvalue weighted by Gasteiger charge is -2.41. The molecule has 5 N–H and O–H groups in total. The Bertz CT molecular complexity index is 3210. The maximum Gasteiger partial charge on any atom is 0.336 e. The van der Waals surface area contributed by atoms with E-state index in [4.69, 9.17) is 10.3 Å². The van der Waals surface area contributed by atoms with Crippen molar-refractivity contribution in [3.8, 4) is 11.5 Å². The largest absolute Gasteiger partial charge is 0.478 e. The summed E-state index contributed by atoms with van der Waals surface area (Å²) < 4.78 is 78.3. The average molecular weight is 924 g/mol. The number of carbonyl (C=O) groups excluding carboxylic acids is 1.